The SMILES string of the molecule is COCCN=C(NN)N(C)C1CCCCC1. The van der Waals surface area contributed by atoms with Gasteiger partial charge < -0.3 is 9.64 Å². The van der Waals surface area contributed by atoms with Gasteiger partial charge in [-0.05, 0) is 12.8 Å². The number of rotatable bonds is 4. The predicted octanol–water partition coefficient (Wildman–Crippen LogP) is 0.717. The minimum atomic E-state index is 0.575. The number of hydrogen-bond acceptors (Lipinski definition) is 3. The number of nitrogens with zero attached hydrogens (tertiary/aromatic N) is 2. The molecule has 0 aromatic carbocycles. The Morgan fingerprint density at radius 2 is 2.12 bits per heavy atom. The highest BCUT2D eigenvalue weighted by Gasteiger charge is 2.20. The van der Waals surface area contributed by atoms with Crippen LogP contribution in [0.3, 0.4) is 0 Å². The van der Waals surface area contributed by atoms with Crippen LogP contribution in [0.25, 0.3) is 0 Å². The van der Waals surface area contributed by atoms with Gasteiger partial charge in [-0.2, -0.15) is 0 Å². The molecule has 0 aromatic heterocycles. The number of hydrazine groups is 1. The highest BCUT2D eigenvalue weighted by molar-refractivity contribution is 5.79. The van der Waals surface area contributed by atoms with Gasteiger partial charge in [-0.15, -0.1) is 0 Å². The summed E-state index contributed by atoms with van der Waals surface area (Å²) in [5.74, 6) is 6.27. The first kappa shape index (κ1) is 13.3. The molecule has 1 fully saturated rings. The van der Waals surface area contributed by atoms with Crippen LogP contribution >= 0.6 is 0 Å². The van der Waals surface area contributed by atoms with Crippen molar-refractivity contribution in [2.75, 3.05) is 27.3 Å². The van der Waals surface area contributed by atoms with Crippen molar-refractivity contribution in [3.8, 4) is 0 Å². The lowest BCUT2D eigenvalue weighted by molar-refractivity contribution is 0.206. The van der Waals surface area contributed by atoms with Gasteiger partial charge in [0.2, 0.25) is 5.96 Å². The third-order valence-corrected chi connectivity index (χ3v) is 3.14. The second-order valence-corrected chi connectivity index (χ2v) is 4.25. The molecule has 1 saturated carbocycles. The minimum Gasteiger partial charge on any atom is -0.383 e. The van der Waals surface area contributed by atoms with Crippen molar-refractivity contribution in [1.82, 2.24) is 10.3 Å². The van der Waals surface area contributed by atoms with Gasteiger partial charge in [0.1, 0.15) is 0 Å². The third-order valence-electron chi connectivity index (χ3n) is 3.14. The number of guanidine groups is 1. The smallest absolute Gasteiger partial charge is 0.208 e. The molecule has 5 heteroatoms. The largest absolute Gasteiger partial charge is 0.383 e. The van der Waals surface area contributed by atoms with Crippen molar-refractivity contribution in [3.05, 3.63) is 0 Å². The molecule has 5 nitrogen and oxygen atoms in total. The van der Waals surface area contributed by atoms with Crippen molar-refractivity contribution in [3.63, 3.8) is 0 Å². The van der Waals surface area contributed by atoms with Crippen molar-refractivity contribution in [2.24, 2.45) is 10.8 Å². The molecule has 0 bridgehead atoms. The normalized spacial score (nSPS) is 18.6. The minimum absolute atomic E-state index is 0.575. The number of nitrogens with two attached hydrogens (primary N) is 1. The van der Waals surface area contributed by atoms with Gasteiger partial charge in [-0.25, -0.2) is 10.8 Å². The molecule has 0 saturated heterocycles. The van der Waals surface area contributed by atoms with Gasteiger partial charge in [-0.3, -0.25) is 5.43 Å². The van der Waals surface area contributed by atoms with E-state index in [1.165, 1.54) is 32.1 Å². The van der Waals surface area contributed by atoms with Crippen LogP contribution in [-0.2, 0) is 4.74 Å². The topological polar surface area (TPSA) is 62.9 Å². The van der Waals surface area contributed by atoms with Crippen molar-refractivity contribution in [2.45, 2.75) is 38.1 Å². The number of hydrogen-bond donors (Lipinski definition) is 2. The lowest BCUT2D eigenvalue weighted by Crippen LogP contribution is -2.48. The zero-order chi connectivity index (χ0) is 11.8. The third kappa shape index (κ3) is 3.98. The Bertz CT molecular complexity index is 214. The zero-order valence-corrected chi connectivity index (χ0v) is 10.4. The van der Waals surface area contributed by atoms with Crippen LogP contribution in [0.4, 0.5) is 0 Å². The summed E-state index contributed by atoms with van der Waals surface area (Å²) < 4.78 is 4.97. The van der Waals surface area contributed by atoms with Crippen molar-refractivity contribution < 1.29 is 4.74 Å². The van der Waals surface area contributed by atoms with Crippen LogP contribution in [0.5, 0.6) is 0 Å². The van der Waals surface area contributed by atoms with Gasteiger partial charge in [-0.1, -0.05) is 19.3 Å². The molecule has 3 N–H and O–H groups in total. The molecule has 0 radical (unpaired) electrons. The van der Waals surface area contributed by atoms with Crippen molar-refractivity contribution in [1.29, 1.82) is 0 Å². The van der Waals surface area contributed by atoms with Gasteiger partial charge >= 0.3 is 0 Å². The Balaban J connectivity index is 2.46. The van der Waals surface area contributed by atoms with Crippen LogP contribution < -0.4 is 11.3 Å². The number of methoxy groups -OCH3 is 1. The Labute approximate surface area is 98.0 Å². The van der Waals surface area contributed by atoms with E-state index in [1.54, 1.807) is 7.11 Å². The fraction of sp³-hybridized carbons (Fsp3) is 0.909. The molecule has 0 aromatic rings. The molecule has 16 heavy (non-hydrogen) atoms. The fourth-order valence-electron chi connectivity index (χ4n) is 2.14. The molecular weight excluding hydrogens is 204 g/mol. The molecule has 0 aliphatic heterocycles. The first-order chi connectivity index (χ1) is 7.79. The second kappa shape index (κ2) is 7.46. The maximum absolute atomic E-state index is 5.50. The fourth-order valence-corrected chi connectivity index (χ4v) is 2.14. The van der Waals surface area contributed by atoms with E-state index >= 15 is 0 Å². The van der Waals surface area contributed by atoms with E-state index in [-0.39, 0.29) is 0 Å². The Kier molecular flexibility index (Phi) is 6.18. The van der Waals surface area contributed by atoms with Gasteiger partial charge in [0.25, 0.3) is 0 Å². The Morgan fingerprint density at radius 1 is 1.44 bits per heavy atom. The zero-order valence-electron chi connectivity index (χ0n) is 10.4. The second-order valence-electron chi connectivity index (χ2n) is 4.25. The number of nitrogens with one attached hydrogen (secondary N) is 1. The standard InChI is InChI=1S/C11H24N4O/c1-15(10-6-4-3-5-7-10)11(14-12)13-8-9-16-2/h10H,3-9,12H2,1-2H3,(H,13,14). The average Bonchev–Trinajstić information content (AvgIpc) is 2.35. The van der Waals surface area contributed by atoms with E-state index in [0.29, 0.717) is 19.2 Å². The summed E-state index contributed by atoms with van der Waals surface area (Å²) >= 11 is 0. The van der Waals surface area contributed by atoms with Gasteiger partial charge in [0.05, 0.1) is 13.2 Å². The highest BCUT2D eigenvalue weighted by Crippen LogP contribution is 2.21. The number of aliphatic imine (C=N–C) groups is 1. The summed E-state index contributed by atoms with van der Waals surface area (Å²) in [6, 6.07) is 0.575. The van der Waals surface area contributed by atoms with Crippen molar-refractivity contribution >= 4 is 5.96 Å². The maximum atomic E-state index is 5.50. The lowest BCUT2D eigenvalue weighted by atomic mass is 9.95. The summed E-state index contributed by atoms with van der Waals surface area (Å²) in [5.41, 5.74) is 2.68. The molecule has 0 atom stereocenters. The molecule has 1 aliphatic carbocycles. The van der Waals surface area contributed by atoms with E-state index in [0.717, 1.165) is 5.96 Å². The maximum Gasteiger partial charge on any atom is 0.208 e. The quantitative estimate of drug-likeness (QED) is 0.245. The molecule has 0 spiro atoms. The summed E-state index contributed by atoms with van der Waals surface area (Å²) in [6.07, 6.45) is 6.45. The summed E-state index contributed by atoms with van der Waals surface area (Å²) in [5, 5.41) is 0. The van der Waals surface area contributed by atoms with Crippen LogP contribution in [0.1, 0.15) is 32.1 Å². The molecule has 94 valence electrons. The molecule has 0 unspecified atom stereocenters. The van der Waals surface area contributed by atoms with E-state index in [9.17, 15) is 0 Å². The van der Waals surface area contributed by atoms with E-state index in [1.807, 2.05) is 0 Å². The summed E-state index contributed by atoms with van der Waals surface area (Å²) in [7, 11) is 3.73. The number of ether oxygens (including phenoxy) is 1. The molecule has 0 amide bonds. The Hall–Kier alpha value is -0.810. The van der Waals surface area contributed by atoms with E-state index in [2.05, 4.69) is 22.4 Å². The first-order valence-electron chi connectivity index (χ1n) is 6.02. The van der Waals surface area contributed by atoms with Crippen LogP contribution in [0.15, 0.2) is 4.99 Å². The molecule has 1 rings (SSSR count). The van der Waals surface area contributed by atoms with Gasteiger partial charge in [0, 0.05) is 20.2 Å². The van der Waals surface area contributed by atoms with E-state index < -0.39 is 0 Å². The van der Waals surface area contributed by atoms with Crippen LogP contribution in [0, 0.1) is 0 Å². The summed E-state index contributed by atoms with van der Waals surface area (Å²) in [4.78, 5) is 6.55. The predicted molar refractivity (Wildman–Crippen MR) is 66.1 cm³/mol. The first-order valence-corrected chi connectivity index (χ1v) is 6.02. The Morgan fingerprint density at radius 3 is 2.69 bits per heavy atom. The van der Waals surface area contributed by atoms with Crippen LogP contribution in [0.2, 0.25) is 0 Å². The average molecular weight is 228 g/mol. The monoisotopic (exact) mass is 228 g/mol. The lowest BCUT2D eigenvalue weighted by Gasteiger charge is -2.33. The van der Waals surface area contributed by atoms with Gasteiger partial charge in [0.15, 0.2) is 0 Å². The molecular formula is C11H24N4O. The van der Waals surface area contributed by atoms with Crippen LogP contribution in [-0.4, -0.2) is 44.2 Å². The molecule has 1 aliphatic rings. The summed E-state index contributed by atoms with van der Waals surface area (Å²) in [6.45, 7) is 1.27. The van der Waals surface area contributed by atoms with E-state index in [4.69, 9.17) is 10.6 Å². The highest BCUT2D eigenvalue weighted by atomic mass is 16.5. The molecule has 0 heterocycles.